The molecule has 0 saturated heterocycles. The molecule has 0 radical (unpaired) electrons. The smallest absolute Gasteiger partial charge is 0.216 e. The molecule has 7 heteroatoms. The van der Waals surface area contributed by atoms with Gasteiger partial charge in [0.05, 0.1) is 6.21 Å². The summed E-state index contributed by atoms with van der Waals surface area (Å²) >= 11 is 8.83. The summed E-state index contributed by atoms with van der Waals surface area (Å²) in [5.74, 6) is 0.683. The number of aryl methyl sites for hydroxylation is 1. The van der Waals surface area contributed by atoms with Gasteiger partial charge in [-0.05, 0) is 37.3 Å². The van der Waals surface area contributed by atoms with Gasteiger partial charge in [-0.25, -0.2) is 5.10 Å². The van der Waals surface area contributed by atoms with Crippen LogP contribution in [0.3, 0.4) is 0 Å². The molecule has 0 amide bonds. The number of H-pyrrole nitrogens is 2. The Hall–Kier alpha value is -2.51. The molecule has 124 valence electrons. The first kappa shape index (κ1) is 16.0. The van der Waals surface area contributed by atoms with Crippen molar-refractivity contribution >= 4 is 45.3 Å². The van der Waals surface area contributed by atoms with Gasteiger partial charge in [0.1, 0.15) is 0 Å². The van der Waals surface area contributed by atoms with E-state index in [0.29, 0.717) is 10.6 Å². The van der Waals surface area contributed by atoms with Crippen LogP contribution >= 0.6 is 28.1 Å². The number of nitrogens with one attached hydrogen (secondary N) is 2. The van der Waals surface area contributed by atoms with Crippen LogP contribution in [0.15, 0.2) is 58.2 Å². The number of rotatable bonds is 3. The molecule has 5 nitrogen and oxygen atoms in total. The third-order valence-electron chi connectivity index (χ3n) is 3.95. The molecule has 4 rings (SSSR count). The largest absolute Gasteiger partial charge is 0.361 e. The third kappa shape index (κ3) is 3.08. The van der Waals surface area contributed by atoms with Crippen LogP contribution in [0.1, 0.15) is 11.1 Å². The molecule has 0 aliphatic rings. The van der Waals surface area contributed by atoms with Crippen LogP contribution in [0.25, 0.3) is 22.3 Å². The Balaban J connectivity index is 1.76. The van der Waals surface area contributed by atoms with E-state index in [2.05, 4.69) is 42.3 Å². The van der Waals surface area contributed by atoms with Gasteiger partial charge >= 0.3 is 0 Å². The van der Waals surface area contributed by atoms with Crippen LogP contribution in [0.4, 0.5) is 0 Å². The minimum atomic E-state index is 0.452. The highest BCUT2D eigenvalue weighted by molar-refractivity contribution is 9.10. The fourth-order valence-electron chi connectivity index (χ4n) is 2.63. The molecule has 25 heavy (non-hydrogen) atoms. The van der Waals surface area contributed by atoms with E-state index >= 15 is 0 Å². The van der Waals surface area contributed by atoms with E-state index < -0.39 is 0 Å². The fourth-order valence-corrected chi connectivity index (χ4v) is 3.17. The summed E-state index contributed by atoms with van der Waals surface area (Å²) in [6.07, 6.45) is 3.71. The summed E-state index contributed by atoms with van der Waals surface area (Å²) < 4.78 is 3.11. The number of halogens is 1. The predicted octanol–water partition coefficient (Wildman–Crippen LogP) is 5.04. The van der Waals surface area contributed by atoms with Crippen molar-refractivity contribution in [1.82, 2.24) is 19.9 Å². The Kier molecular flexibility index (Phi) is 4.10. The van der Waals surface area contributed by atoms with Gasteiger partial charge in [0.2, 0.25) is 4.77 Å². The van der Waals surface area contributed by atoms with Gasteiger partial charge in [-0.2, -0.15) is 14.9 Å². The topological polar surface area (TPSA) is 61.8 Å². The van der Waals surface area contributed by atoms with Crippen molar-refractivity contribution < 1.29 is 0 Å². The maximum Gasteiger partial charge on any atom is 0.216 e. The van der Waals surface area contributed by atoms with Gasteiger partial charge < -0.3 is 4.98 Å². The van der Waals surface area contributed by atoms with Crippen LogP contribution in [0.5, 0.6) is 0 Å². The van der Waals surface area contributed by atoms with E-state index in [1.54, 1.807) is 10.9 Å². The number of fused-ring (bicyclic) bond motifs is 1. The molecule has 0 aliphatic heterocycles. The van der Waals surface area contributed by atoms with Crippen molar-refractivity contribution in [2.24, 2.45) is 5.10 Å². The van der Waals surface area contributed by atoms with Crippen LogP contribution in [0.2, 0.25) is 0 Å². The Labute approximate surface area is 157 Å². The van der Waals surface area contributed by atoms with Crippen LogP contribution in [-0.4, -0.2) is 26.1 Å². The van der Waals surface area contributed by atoms with Crippen molar-refractivity contribution in [2.75, 3.05) is 0 Å². The number of aromatic nitrogens is 4. The van der Waals surface area contributed by atoms with E-state index in [1.807, 2.05) is 49.5 Å². The average molecular weight is 412 g/mol. The van der Waals surface area contributed by atoms with Crippen LogP contribution in [-0.2, 0) is 0 Å². The van der Waals surface area contributed by atoms with Crippen LogP contribution < -0.4 is 0 Å². The van der Waals surface area contributed by atoms with E-state index in [4.69, 9.17) is 12.2 Å². The molecule has 0 spiro atoms. The lowest BCUT2D eigenvalue weighted by Crippen LogP contribution is -1.95. The molecule has 2 aromatic heterocycles. The van der Waals surface area contributed by atoms with E-state index in [9.17, 15) is 0 Å². The highest BCUT2D eigenvalue weighted by atomic mass is 79.9. The molecular formula is C18H14BrN5S. The molecule has 2 N–H and O–H groups in total. The maximum absolute atomic E-state index is 5.33. The summed E-state index contributed by atoms with van der Waals surface area (Å²) in [4.78, 5) is 3.24. The van der Waals surface area contributed by atoms with E-state index in [-0.39, 0.29) is 0 Å². The molecule has 2 aromatic carbocycles. The molecular weight excluding hydrogens is 398 g/mol. The Morgan fingerprint density at radius 1 is 1.20 bits per heavy atom. The third-order valence-corrected chi connectivity index (χ3v) is 4.71. The van der Waals surface area contributed by atoms with E-state index in [0.717, 1.165) is 26.5 Å². The second-order valence-corrected chi connectivity index (χ2v) is 7.01. The molecule has 2 heterocycles. The molecule has 0 aliphatic carbocycles. The zero-order chi connectivity index (χ0) is 17.4. The molecule has 0 fully saturated rings. The number of aromatic amines is 2. The summed E-state index contributed by atoms with van der Waals surface area (Å²) in [5, 5.41) is 12.8. The zero-order valence-corrected chi connectivity index (χ0v) is 15.7. The molecule has 0 unspecified atom stereocenters. The lowest BCUT2D eigenvalue weighted by atomic mass is 10.1. The monoisotopic (exact) mass is 411 g/mol. The fraction of sp³-hybridized carbons (Fsp3) is 0.0556. The first-order chi connectivity index (χ1) is 12.1. The number of nitrogens with zero attached hydrogens (tertiary/aromatic N) is 3. The minimum absolute atomic E-state index is 0.452. The quantitative estimate of drug-likeness (QED) is 0.366. The second kappa shape index (κ2) is 6.42. The van der Waals surface area contributed by atoms with Crippen molar-refractivity contribution in [3.63, 3.8) is 0 Å². The number of benzene rings is 2. The van der Waals surface area contributed by atoms with Crippen molar-refractivity contribution in [3.05, 3.63) is 69.0 Å². The predicted molar refractivity (Wildman–Crippen MR) is 107 cm³/mol. The lowest BCUT2D eigenvalue weighted by Gasteiger charge is -2.01. The van der Waals surface area contributed by atoms with Crippen molar-refractivity contribution in [2.45, 2.75) is 6.92 Å². The second-order valence-electron chi connectivity index (χ2n) is 5.71. The van der Waals surface area contributed by atoms with Gasteiger partial charge in [0.25, 0.3) is 0 Å². The Bertz CT molecular complexity index is 1130. The SMILES string of the molecule is Cc1ccc(-c2n[nH]c(=S)n2/N=C/c2c[nH]c3ccc(Br)cc23)cc1. The van der Waals surface area contributed by atoms with Crippen LogP contribution in [0, 0.1) is 11.7 Å². The summed E-state index contributed by atoms with van der Waals surface area (Å²) in [6.45, 7) is 2.05. The average Bonchev–Trinajstić information content (AvgIpc) is 3.17. The van der Waals surface area contributed by atoms with Crippen molar-refractivity contribution in [3.8, 4) is 11.4 Å². The van der Waals surface area contributed by atoms with Gasteiger partial charge in [-0.15, -0.1) is 0 Å². The summed E-state index contributed by atoms with van der Waals surface area (Å²) in [7, 11) is 0. The normalized spacial score (nSPS) is 11.6. The van der Waals surface area contributed by atoms with E-state index in [1.165, 1.54) is 5.56 Å². The number of hydrogen-bond donors (Lipinski definition) is 2. The Morgan fingerprint density at radius 3 is 2.80 bits per heavy atom. The first-order valence-corrected chi connectivity index (χ1v) is 8.87. The molecule has 4 aromatic rings. The summed E-state index contributed by atoms with van der Waals surface area (Å²) in [6, 6.07) is 14.2. The minimum Gasteiger partial charge on any atom is -0.361 e. The molecule has 0 atom stereocenters. The number of hydrogen-bond acceptors (Lipinski definition) is 3. The summed E-state index contributed by atoms with van der Waals surface area (Å²) in [5.41, 5.74) is 4.18. The highest BCUT2D eigenvalue weighted by Crippen LogP contribution is 2.22. The highest BCUT2D eigenvalue weighted by Gasteiger charge is 2.08. The zero-order valence-electron chi connectivity index (χ0n) is 13.3. The Morgan fingerprint density at radius 2 is 2.00 bits per heavy atom. The van der Waals surface area contributed by atoms with Gasteiger partial charge in [0, 0.05) is 32.7 Å². The van der Waals surface area contributed by atoms with Crippen molar-refractivity contribution in [1.29, 1.82) is 0 Å². The standard InChI is InChI=1S/C18H14BrN5S/c1-11-2-4-12(5-3-11)17-22-23-18(25)24(17)21-10-13-9-20-16-7-6-14(19)8-15(13)16/h2-10,20H,1H3,(H,23,25)/b21-10+. The van der Waals surface area contributed by atoms with Gasteiger partial charge in [0.15, 0.2) is 5.82 Å². The van der Waals surface area contributed by atoms with Gasteiger partial charge in [-0.3, -0.25) is 0 Å². The van der Waals surface area contributed by atoms with Gasteiger partial charge in [-0.1, -0.05) is 45.8 Å². The molecule has 0 saturated carbocycles. The molecule has 0 bridgehead atoms. The first-order valence-electron chi connectivity index (χ1n) is 7.67. The maximum atomic E-state index is 5.33. The lowest BCUT2D eigenvalue weighted by molar-refractivity contribution is 0.872.